The maximum absolute atomic E-state index is 14.4. The van der Waals surface area contributed by atoms with Crippen molar-refractivity contribution in [2.24, 2.45) is 13.0 Å². The molecule has 0 saturated carbocycles. The zero-order valence-electron chi connectivity index (χ0n) is 33.3. The van der Waals surface area contributed by atoms with Crippen LogP contribution in [-0.4, -0.2) is 35.4 Å². The first kappa shape index (κ1) is 38.5. The fraction of sp³-hybridized carbons (Fsp3) is 0.326. The molecular weight excluding hydrogens is 754 g/mol. The predicted octanol–water partition coefficient (Wildman–Crippen LogP) is 9.91. The molecule has 0 saturated heterocycles. The van der Waals surface area contributed by atoms with Crippen LogP contribution < -0.4 is 11.4 Å². The number of hydrogen-bond acceptors (Lipinski definition) is 5. The van der Waals surface area contributed by atoms with Gasteiger partial charge in [0.1, 0.15) is 6.61 Å². The molecule has 294 valence electrons. The number of carbonyl (C=O) groups excluding carboxylic acids is 1. The number of imidazole rings is 2. The summed E-state index contributed by atoms with van der Waals surface area (Å²) in [7, 11) is 2.04. The molecule has 0 aliphatic carbocycles. The number of hydrogen-bond donors (Lipinski definition) is 0. The third kappa shape index (κ3) is 6.72. The molecule has 0 radical (unpaired) electrons. The van der Waals surface area contributed by atoms with Crippen molar-refractivity contribution in [2.45, 2.75) is 79.6 Å². The molecular formula is C46H48ClN5O4S. The van der Waals surface area contributed by atoms with Crippen molar-refractivity contribution >= 4 is 72.0 Å². The zero-order chi connectivity index (χ0) is 40.1. The van der Waals surface area contributed by atoms with Crippen LogP contribution in [0.4, 0.5) is 0 Å². The molecule has 0 fully saturated rings. The minimum Gasteiger partial charge on any atom is -0.463 e. The van der Waals surface area contributed by atoms with Crippen molar-refractivity contribution in [3.63, 3.8) is 0 Å². The minimum atomic E-state index is -0.576. The number of benzene rings is 4. The molecule has 0 N–H and O–H groups in total. The van der Waals surface area contributed by atoms with Crippen molar-refractivity contribution < 1.29 is 9.53 Å². The lowest BCUT2D eigenvalue weighted by Gasteiger charge is -2.21. The molecule has 11 heteroatoms. The fourth-order valence-electron chi connectivity index (χ4n) is 8.72. The molecule has 4 heterocycles. The van der Waals surface area contributed by atoms with Gasteiger partial charge in [-0.3, -0.25) is 23.1 Å². The number of halogens is 1. The van der Waals surface area contributed by atoms with Crippen LogP contribution in [0.25, 0.3) is 43.1 Å². The molecule has 4 aromatic heterocycles. The molecule has 57 heavy (non-hydrogen) atoms. The van der Waals surface area contributed by atoms with Gasteiger partial charge in [0.2, 0.25) is 0 Å². The SMILES string of the molecule is CCCC(COC(=O)C(CC)Cn1c(=O)n(Cc2cc(Cl)cc3c(C)c(C)n(C)c23)c2ccccc21)n1c(=O)n(Cc2csc3cccc(C)c23)c2ccccc21. The van der Waals surface area contributed by atoms with Crippen molar-refractivity contribution in [2.75, 3.05) is 6.61 Å². The van der Waals surface area contributed by atoms with E-state index in [1.165, 1.54) is 15.6 Å². The van der Waals surface area contributed by atoms with Crippen LogP contribution >= 0.6 is 22.9 Å². The van der Waals surface area contributed by atoms with Crippen LogP contribution in [0.2, 0.25) is 5.02 Å². The highest BCUT2D eigenvalue weighted by Crippen LogP contribution is 2.33. The van der Waals surface area contributed by atoms with E-state index >= 15 is 0 Å². The van der Waals surface area contributed by atoms with E-state index < -0.39 is 5.92 Å². The topological polar surface area (TPSA) is 85.1 Å². The van der Waals surface area contributed by atoms with Crippen molar-refractivity contribution in [1.29, 1.82) is 0 Å². The minimum absolute atomic E-state index is 0.0501. The summed E-state index contributed by atoms with van der Waals surface area (Å²) in [6.45, 7) is 11.3. The molecule has 0 bridgehead atoms. The molecule has 0 amide bonds. The summed E-state index contributed by atoms with van der Waals surface area (Å²) in [4.78, 5) is 42.7. The smallest absolute Gasteiger partial charge is 0.329 e. The Bertz CT molecular complexity index is 2940. The first-order valence-corrected chi connectivity index (χ1v) is 21.0. The van der Waals surface area contributed by atoms with Gasteiger partial charge >= 0.3 is 17.3 Å². The summed E-state index contributed by atoms with van der Waals surface area (Å²) in [5.74, 6) is -0.959. The summed E-state index contributed by atoms with van der Waals surface area (Å²) in [6, 6.07) is 25.4. The van der Waals surface area contributed by atoms with E-state index in [1.54, 1.807) is 20.5 Å². The van der Waals surface area contributed by atoms with Crippen LogP contribution in [0.15, 0.2) is 93.8 Å². The van der Waals surface area contributed by atoms with Gasteiger partial charge in [0, 0.05) is 39.8 Å². The van der Waals surface area contributed by atoms with Crippen molar-refractivity contribution in [3.05, 3.63) is 138 Å². The second-order valence-corrected chi connectivity index (χ2v) is 16.7. The Balaban J connectivity index is 1.07. The number of rotatable bonds is 13. The quantitative estimate of drug-likeness (QED) is 0.109. The Hall–Kier alpha value is -5.32. The molecule has 8 aromatic rings. The van der Waals surface area contributed by atoms with E-state index in [1.807, 2.05) is 83.8 Å². The van der Waals surface area contributed by atoms with Crippen LogP contribution in [0, 0.1) is 26.7 Å². The van der Waals surface area contributed by atoms with E-state index in [2.05, 4.69) is 55.8 Å². The lowest BCUT2D eigenvalue weighted by Crippen LogP contribution is -2.33. The highest BCUT2D eigenvalue weighted by Gasteiger charge is 2.27. The van der Waals surface area contributed by atoms with E-state index in [-0.39, 0.29) is 36.5 Å². The van der Waals surface area contributed by atoms with Crippen LogP contribution in [0.1, 0.15) is 67.1 Å². The third-order valence-corrected chi connectivity index (χ3v) is 13.1. The number of aromatic nitrogens is 5. The summed E-state index contributed by atoms with van der Waals surface area (Å²) in [5, 5.41) is 5.04. The first-order chi connectivity index (χ1) is 27.5. The van der Waals surface area contributed by atoms with Gasteiger partial charge in [0.15, 0.2) is 0 Å². The lowest BCUT2D eigenvalue weighted by atomic mass is 10.1. The fourth-order valence-corrected chi connectivity index (χ4v) is 9.99. The third-order valence-electron chi connectivity index (χ3n) is 11.9. The standard InChI is InChI=1S/C46H48ClN5O4S/c1-7-14-35(52-40-19-12-11-18-39(40)51(46(52)55)25-33-27-57-41-20-13-15-28(3)42(33)41)26-56-44(53)31(8-2)23-49-37-16-9-10-17-38(37)50(45(49)54)24-32-21-34(47)22-36-29(4)30(5)48(6)43(32)36/h9-13,15-22,27,31,35H,7-8,14,23-26H2,1-6H3. The normalized spacial score (nSPS) is 13.0. The van der Waals surface area contributed by atoms with Gasteiger partial charge in [-0.05, 0) is 104 Å². The Morgan fingerprint density at radius 1 is 0.807 bits per heavy atom. The van der Waals surface area contributed by atoms with Crippen molar-refractivity contribution in [1.82, 2.24) is 22.8 Å². The molecule has 4 aromatic carbocycles. The van der Waals surface area contributed by atoms with Gasteiger partial charge in [-0.2, -0.15) is 0 Å². The summed E-state index contributed by atoms with van der Waals surface area (Å²) in [6.07, 6.45) is 1.94. The Morgan fingerprint density at radius 2 is 1.46 bits per heavy atom. The number of nitrogens with zero attached hydrogens (tertiary/aromatic N) is 5. The van der Waals surface area contributed by atoms with Gasteiger partial charge in [-0.15, -0.1) is 11.3 Å². The molecule has 0 aliphatic rings. The number of thiophene rings is 1. The molecule has 0 spiro atoms. The summed E-state index contributed by atoms with van der Waals surface area (Å²) in [5.41, 5.74) is 9.49. The second-order valence-electron chi connectivity index (χ2n) is 15.3. The number of ether oxygens (including phenoxy) is 1. The number of fused-ring (bicyclic) bond motifs is 4. The lowest BCUT2D eigenvalue weighted by molar-refractivity contribution is -0.150. The highest BCUT2D eigenvalue weighted by molar-refractivity contribution is 7.17. The predicted molar refractivity (Wildman–Crippen MR) is 233 cm³/mol. The van der Waals surface area contributed by atoms with Gasteiger partial charge in [-0.25, -0.2) is 9.59 Å². The van der Waals surface area contributed by atoms with Gasteiger partial charge in [-0.1, -0.05) is 68.3 Å². The Kier molecular flexibility index (Phi) is 10.5. The monoisotopic (exact) mass is 801 g/mol. The van der Waals surface area contributed by atoms with Crippen molar-refractivity contribution in [3.8, 4) is 0 Å². The molecule has 2 atom stereocenters. The largest absolute Gasteiger partial charge is 0.463 e. The number of carbonyl (C=O) groups is 1. The van der Waals surface area contributed by atoms with E-state index in [0.717, 1.165) is 61.8 Å². The summed E-state index contributed by atoms with van der Waals surface area (Å²) < 4.78 is 16.6. The van der Waals surface area contributed by atoms with E-state index in [0.29, 0.717) is 31.0 Å². The molecule has 9 nitrogen and oxygen atoms in total. The molecule has 2 unspecified atom stereocenters. The van der Waals surface area contributed by atoms with Gasteiger partial charge < -0.3 is 9.30 Å². The first-order valence-electron chi connectivity index (χ1n) is 19.8. The van der Waals surface area contributed by atoms with Crippen LogP contribution in [-0.2, 0) is 36.2 Å². The highest BCUT2D eigenvalue weighted by atomic mass is 35.5. The zero-order valence-corrected chi connectivity index (χ0v) is 34.9. The van der Waals surface area contributed by atoms with Gasteiger partial charge in [0.05, 0.1) is 52.6 Å². The van der Waals surface area contributed by atoms with Gasteiger partial charge in [0.25, 0.3) is 0 Å². The maximum atomic E-state index is 14.4. The Morgan fingerprint density at radius 3 is 2.16 bits per heavy atom. The maximum Gasteiger partial charge on any atom is 0.329 e. The van der Waals surface area contributed by atoms with Crippen LogP contribution in [0.3, 0.4) is 0 Å². The number of aryl methyl sites for hydroxylation is 3. The van der Waals surface area contributed by atoms with Crippen LogP contribution in [0.5, 0.6) is 0 Å². The second kappa shape index (κ2) is 15.6. The average molecular weight is 802 g/mol. The van der Waals surface area contributed by atoms with E-state index in [9.17, 15) is 14.4 Å². The summed E-state index contributed by atoms with van der Waals surface area (Å²) >= 11 is 8.33. The number of para-hydroxylation sites is 4. The average Bonchev–Trinajstić information content (AvgIpc) is 3.89. The van der Waals surface area contributed by atoms with E-state index in [4.69, 9.17) is 16.3 Å². The Labute approximate surface area is 340 Å². The number of esters is 1. The molecule has 8 rings (SSSR count). The molecule has 0 aliphatic heterocycles.